The van der Waals surface area contributed by atoms with Crippen molar-refractivity contribution in [2.75, 3.05) is 13.1 Å². The summed E-state index contributed by atoms with van der Waals surface area (Å²) in [5, 5.41) is 3.25. The summed E-state index contributed by atoms with van der Waals surface area (Å²) < 4.78 is 0. The molecule has 1 unspecified atom stereocenters. The summed E-state index contributed by atoms with van der Waals surface area (Å²) >= 11 is 0. The van der Waals surface area contributed by atoms with Crippen LogP contribution in [0.3, 0.4) is 0 Å². The quantitative estimate of drug-likeness (QED) is 0.834. The predicted molar refractivity (Wildman–Crippen MR) is 74.4 cm³/mol. The molecule has 1 saturated heterocycles. The van der Waals surface area contributed by atoms with Crippen LogP contribution in [0.15, 0.2) is 0 Å². The molecule has 0 aromatic heterocycles. The first-order valence-electron chi connectivity index (χ1n) is 7.71. The number of hydrogen-bond acceptors (Lipinski definition) is 2. The van der Waals surface area contributed by atoms with Crippen LogP contribution in [0.5, 0.6) is 0 Å². The first-order valence-corrected chi connectivity index (χ1v) is 7.71. The third-order valence-electron chi connectivity index (χ3n) is 4.48. The number of hydrogen-bond donors (Lipinski definition) is 1. The van der Waals surface area contributed by atoms with Gasteiger partial charge in [0.15, 0.2) is 0 Å². The molecule has 2 aliphatic rings. The van der Waals surface area contributed by atoms with E-state index in [-0.39, 0.29) is 0 Å². The van der Waals surface area contributed by atoms with E-state index in [1.165, 1.54) is 44.9 Å². The van der Waals surface area contributed by atoms with Gasteiger partial charge in [0.25, 0.3) is 0 Å². The lowest BCUT2D eigenvalue weighted by molar-refractivity contribution is -0.132. The van der Waals surface area contributed by atoms with E-state index in [0.29, 0.717) is 24.5 Å². The summed E-state index contributed by atoms with van der Waals surface area (Å²) in [4.78, 5) is 14.4. The summed E-state index contributed by atoms with van der Waals surface area (Å²) in [5.74, 6) is 1.10. The molecule has 1 N–H and O–H groups in total. The maximum Gasteiger partial charge on any atom is 0.236 e. The van der Waals surface area contributed by atoms with Crippen LogP contribution in [0.4, 0.5) is 0 Å². The standard InChI is InChI=1S/C15H28N2O/c1-12(2)16-11-15(18)17-10-6-9-14(17)13-7-4-3-5-8-13/h12-14,16H,3-11H2,1-2H3. The molecule has 1 heterocycles. The predicted octanol–water partition coefficient (Wildman–Crippen LogP) is 2.56. The van der Waals surface area contributed by atoms with Crippen LogP contribution >= 0.6 is 0 Å². The largest absolute Gasteiger partial charge is 0.338 e. The van der Waals surface area contributed by atoms with Gasteiger partial charge < -0.3 is 10.2 Å². The molecule has 3 heteroatoms. The molecular formula is C15H28N2O. The van der Waals surface area contributed by atoms with Crippen LogP contribution in [0, 0.1) is 5.92 Å². The lowest BCUT2D eigenvalue weighted by Crippen LogP contribution is -2.45. The Balaban J connectivity index is 1.87. The van der Waals surface area contributed by atoms with Gasteiger partial charge in [-0.05, 0) is 31.6 Å². The van der Waals surface area contributed by atoms with Gasteiger partial charge in [0.2, 0.25) is 5.91 Å². The Hall–Kier alpha value is -0.570. The highest BCUT2D eigenvalue weighted by molar-refractivity contribution is 5.79. The fourth-order valence-corrected chi connectivity index (χ4v) is 3.50. The van der Waals surface area contributed by atoms with Crippen molar-refractivity contribution in [1.29, 1.82) is 0 Å². The molecule has 0 radical (unpaired) electrons. The van der Waals surface area contributed by atoms with E-state index >= 15 is 0 Å². The van der Waals surface area contributed by atoms with E-state index in [1.807, 2.05) is 0 Å². The molecular weight excluding hydrogens is 224 g/mol. The summed E-state index contributed by atoms with van der Waals surface area (Å²) in [6.45, 7) is 5.69. The first kappa shape index (κ1) is 13.9. The Kier molecular flexibility index (Phi) is 5.04. The Labute approximate surface area is 111 Å². The molecule has 1 atom stereocenters. The molecule has 2 fully saturated rings. The van der Waals surface area contributed by atoms with Gasteiger partial charge in [-0.3, -0.25) is 4.79 Å². The van der Waals surface area contributed by atoms with Crippen molar-refractivity contribution in [1.82, 2.24) is 10.2 Å². The van der Waals surface area contributed by atoms with Gasteiger partial charge >= 0.3 is 0 Å². The number of carbonyl (C=O) groups excluding carboxylic acids is 1. The van der Waals surface area contributed by atoms with Gasteiger partial charge in [-0.2, -0.15) is 0 Å². The molecule has 1 aliphatic heterocycles. The molecule has 1 amide bonds. The van der Waals surface area contributed by atoms with E-state index in [9.17, 15) is 4.79 Å². The van der Waals surface area contributed by atoms with Crippen LogP contribution in [0.25, 0.3) is 0 Å². The van der Waals surface area contributed by atoms with Crippen molar-refractivity contribution in [2.45, 2.75) is 70.9 Å². The SMILES string of the molecule is CC(C)NCC(=O)N1CCCC1C1CCCCC1. The minimum atomic E-state index is 0.316. The fourth-order valence-electron chi connectivity index (χ4n) is 3.50. The van der Waals surface area contributed by atoms with E-state index < -0.39 is 0 Å². The topological polar surface area (TPSA) is 32.3 Å². The summed E-state index contributed by atoms with van der Waals surface area (Å²) in [5.41, 5.74) is 0. The van der Waals surface area contributed by atoms with Gasteiger partial charge in [0.05, 0.1) is 6.54 Å². The van der Waals surface area contributed by atoms with Crippen molar-refractivity contribution in [2.24, 2.45) is 5.92 Å². The molecule has 1 aliphatic carbocycles. The monoisotopic (exact) mass is 252 g/mol. The maximum atomic E-state index is 12.3. The second kappa shape index (κ2) is 6.55. The Morgan fingerprint density at radius 1 is 1.17 bits per heavy atom. The summed E-state index contributed by atoms with van der Waals surface area (Å²) in [7, 11) is 0. The summed E-state index contributed by atoms with van der Waals surface area (Å²) in [6.07, 6.45) is 9.25. The lowest BCUT2D eigenvalue weighted by atomic mass is 9.83. The summed E-state index contributed by atoms with van der Waals surface area (Å²) in [6, 6.07) is 0.941. The molecule has 18 heavy (non-hydrogen) atoms. The number of rotatable bonds is 4. The van der Waals surface area contributed by atoms with E-state index in [4.69, 9.17) is 0 Å². The second-order valence-electron chi connectivity index (χ2n) is 6.23. The molecule has 1 saturated carbocycles. The van der Waals surface area contributed by atoms with Gasteiger partial charge in [-0.1, -0.05) is 33.1 Å². The number of nitrogens with zero attached hydrogens (tertiary/aromatic N) is 1. The fraction of sp³-hybridized carbons (Fsp3) is 0.933. The molecule has 2 rings (SSSR count). The molecule has 3 nitrogen and oxygen atoms in total. The van der Waals surface area contributed by atoms with Crippen molar-refractivity contribution in [3.63, 3.8) is 0 Å². The maximum absolute atomic E-state index is 12.3. The molecule has 0 aromatic rings. The number of carbonyl (C=O) groups is 1. The average Bonchev–Trinajstić information content (AvgIpc) is 2.86. The first-order chi connectivity index (χ1) is 8.68. The second-order valence-corrected chi connectivity index (χ2v) is 6.23. The Bertz CT molecular complexity index is 272. The Morgan fingerprint density at radius 2 is 1.89 bits per heavy atom. The average molecular weight is 252 g/mol. The zero-order valence-corrected chi connectivity index (χ0v) is 12.0. The van der Waals surface area contributed by atoms with Gasteiger partial charge in [0, 0.05) is 18.6 Å². The number of nitrogens with one attached hydrogen (secondary N) is 1. The van der Waals surface area contributed by atoms with Crippen LogP contribution in [0.2, 0.25) is 0 Å². The van der Waals surface area contributed by atoms with E-state index in [0.717, 1.165) is 12.5 Å². The van der Waals surface area contributed by atoms with Gasteiger partial charge in [-0.25, -0.2) is 0 Å². The zero-order chi connectivity index (χ0) is 13.0. The van der Waals surface area contributed by atoms with Crippen LogP contribution in [-0.2, 0) is 4.79 Å². The molecule has 104 valence electrons. The highest BCUT2D eigenvalue weighted by atomic mass is 16.2. The van der Waals surface area contributed by atoms with E-state index in [2.05, 4.69) is 24.1 Å². The van der Waals surface area contributed by atoms with Crippen LogP contribution in [0.1, 0.15) is 58.8 Å². The lowest BCUT2D eigenvalue weighted by Gasteiger charge is -2.34. The van der Waals surface area contributed by atoms with Gasteiger partial charge in [-0.15, -0.1) is 0 Å². The zero-order valence-electron chi connectivity index (χ0n) is 12.0. The highest BCUT2D eigenvalue weighted by Crippen LogP contribution is 2.34. The molecule has 0 aromatic carbocycles. The third kappa shape index (κ3) is 3.47. The van der Waals surface area contributed by atoms with Crippen molar-refractivity contribution in [3.8, 4) is 0 Å². The van der Waals surface area contributed by atoms with Gasteiger partial charge in [0.1, 0.15) is 0 Å². The van der Waals surface area contributed by atoms with Crippen LogP contribution in [-0.4, -0.2) is 36.0 Å². The highest BCUT2D eigenvalue weighted by Gasteiger charge is 2.34. The normalized spacial score (nSPS) is 25.9. The third-order valence-corrected chi connectivity index (χ3v) is 4.48. The van der Waals surface area contributed by atoms with Crippen molar-refractivity contribution >= 4 is 5.91 Å². The van der Waals surface area contributed by atoms with Crippen LogP contribution < -0.4 is 5.32 Å². The smallest absolute Gasteiger partial charge is 0.236 e. The molecule has 0 bridgehead atoms. The number of amides is 1. The molecule has 0 spiro atoms. The van der Waals surface area contributed by atoms with E-state index in [1.54, 1.807) is 0 Å². The van der Waals surface area contributed by atoms with Crippen molar-refractivity contribution in [3.05, 3.63) is 0 Å². The number of likely N-dealkylation sites (tertiary alicyclic amines) is 1. The van der Waals surface area contributed by atoms with Crippen molar-refractivity contribution < 1.29 is 4.79 Å². The Morgan fingerprint density at radius 3 is 2.56 bits per heavy atom. The minimum absolute atomic E-state index is 0.316. The minimum Gasteiger partial charge on any atom is -0.338 e.